The van der Waals surface area contributed by atoms with E-state index in [-0.39, 0.29) is 31.2 Å². The van der Waals surface area contributed by atoms with Gasteiger partial charge in [-0.2, -0.15) is 0 Å². The molecule has 3 aliphatic heterocycles. The van der Waals surface area contributed by atoms with Crippen LogP contribution < -0.4 is 24.3 Å². The molecule has 162 valence electrons. The number of ether oxygens (including phenoxy) is 4. The molecule has 8 nitrogen and oxygen atoms in total. The lowest BCUT2D eigenvalue weighted by Crippen LogP contribution is -2.39. The molecular formula is C23H24N2O6. The minimum atomic E-state index is -0.321. The van der Waals surface area contributed by atoms with E-state index in [1.54, 1.807) is 18.2 Å². The van der Waals surface area contributed by atoms with Crippen molar-refractivity contribution in [3.8, 4) is 23.0 Å². The SMILES string of the molecule is O=C(NCC(=O)N1CCC[C@H]1c1ccc2c(c1)OCCCO2)c1ccc2c(c1)OCO2. The standard InChI is InChI=1S/C23H24N2O6/c26-22(13-24-23(27)16-5-7-19-21(12-16)31-14-30-19)25-8-1-3-17(25)15-4-6-18-20(11-15)29-10-2-9-28-18/h4-7,11-12,17H,1-3,8-10,13-14H2,(H,24,27)/t17-/m0/s1. The van der Waals surface area contributed by atoms with Gasteiger partial charge in [-0.1, -0.05) is 6.07 Å². The first kappa shape index (κ1) is 19.5. The molecule has 3 aliphatic rings. The summed E-state index contributed by atoms with van der Waals surface area (Å²) in [5, 5.41) is 2.73. The molecule has 1 atom stereocenters. The highest BCUT2D eigenvalue weighted by molar-refractivity contribution is 5.97. The molecule has 0 bridgehead atoms. The number of rotatable bonds is 4. The van der Waals surface area contributed by atoms with Crippen molar-refractivity contribution in [3.05, 3.63) is 47.5 Å². The molecule has 0 saturated carbocycles. The Morgan fingerprint density at radius 3 is 2.55 bits per heavy atom. The summed E-state index contributed by atoms with van der Waals surface area (Å²) in [7, 11) is 0. The number of hydrogen-bond donors (Lipinski definition) is 1. The molecule has 1 N–H and O–H groups in total. The van der Waals surface area contributed by atoms with Gasteiger partial charge >= 0.3 is 0 Å². The summed E-state index contributed by atoms with van der Waals surface area (Å²) in [5.41, 5.74) is 1.45. The molecule has 2 amide bonds. The molecule has 0 unspecified atom stereocenters. The van der Waals surface area contributed by atoms with Gasteiger partial charge in [0, 0.05) is 18.5 Å². The third kappa shape index (κ3) is 3.97. The topological polar surface area (TPSA) is 86.3 Å². The summed E-state index contributed by atoms with van der Waals surface area (Å²) in [6.07, 6.45) is 2.64. The number of carbonyl (C=O) groups is 2. The number of hydrogen-bond acceptors (Lipinski definition) is 6. The van der Waals surface area contributed by atoms with Crippen LogP contribution in [-0.2, 0) is 4.79 Å². The lowest BCUT2D eigenvalue weighted by atomic mass is 10.0. The molecule has 1 saturated heterocycles. The van der Waals surface area contributed by atoms with Crippen molar-refractivity contribution in [3.63, 3.8) is 0 Å². The van der Waals surface area contributed by atoms with Crippen molar-refractivity contribution in [1.29, 1.82) is 0 Å². The van der Waals surface area contributed by atoms with Crippen molar-refractivity contribution >= 4 is 11.8 Å². The Bertz CT molecular complexity index is 1010. The van der Waals surface area contributed by atoms with Gasteiger partial charge in [0.25, 0.3) is 5.91 Å². The van der Waals surface area contributed by atoms with Gasteiger partial charge in [-0.3, -0.25) is 9.59 Å². The summed E-state index contributed by atoms with van der Waals surface area (Å²) in [4.78, 5) is 27.2. The first-order valence-corrected chi connectivity index (χ1v) is 10.6. The minimum Gasteiger partial charge on any atom is -0.490 e. The van der Waals surface area contributed by atoms with Crippen LogP contribution in [0.1, 0.15) is 41.2 Å². The van der Waals surface area contributed by atoms with Gasteiger partial charge in [-0.05, 0) is 48.7 Å². The van der Waals surface area contributed by atoms with Gasteiger partial charge < -0.3 is 29.2 Å². The second-order valence-corrected chi connectivity index (χ2v) is 7.75. The normalized spacial score (nSPS) is 19.1. The molecule has 0 radical (unpaired) electrons. The van der Waals surface area contributed by atoms with E-state index in [1.165, 1.54) is 0 Å². The highest BCUT2D eigenvalue weighted by Gasteiger charge is 2.31. The maximum atomic E-state index is 12.9. The van der Waals surface area contributed by atoms with Gasteiger partial charge in [-0.15, -0.1) is 0 Å². The Hall–Kier alpha value is -3.42. The maximum absolute atomic E-state index is 12.9. The molecule has 0 aromatic heterocycles. The summed E-state index contributed by atoms with van der Waals surface area (Å²) in [5.74, 6) is 2.19. The van der Waals surface area contributed by atoms with E-state index in [0.717, 1.165) is 36.3 Å². The highest BCUT2D eigenvalue weighted by Crippen LogP contribution is 2.38. The van der Waals surface area contributed by atoms with E-state index in [1.807, 2.05) is 23.1 Å². The number of fused-ring (bicyclic) bond motifs is 2. The van der Waals surface area contributed by atoms with Crippen LogP contribution in [-0.4, -0.2) is 49.8 Å². The Labute approximate surface area is 180 Å². The van der Waals surface area contributed by atoms with Gasteiger partial charge in [0.05, 0.1) is 25.8 Å². The van der Waals surface area contributed by atoms with Crippen molar-refractivity contribution in [2.45, 2.75) is 25.3 Å². The van der Waals surface area contributed by atoms with E-state index in [0.29, 0.717) is 36.8 Å². The Balaban J connectivity index is 1.24. The summed E-state index contributed by atoms with van der Waals surface area (Å²) >= 11 is 0. The van der Waals surface area contributed by atoms with Gasteiger partial charge in [-0.25, -0.2) is 0 Å². The van der Waals surface area contributed by atoms with Gasteiger partial charge in [0.1, 0.15) is 0 Å². The van der Waals surface area contributed by atoms with Crippen LogP contribution in [0.2, 0.25) is 0 Å². The lowest BCUT2D eigenvalue weighted by Gasteiger charge is -2.26. The van der Waals surface area contributed by atoms with Crippen molar-refractivity contribution < 1.29 is 28.5 Å². The second kappa shape index (κ2) is 8.37. The third-order valence-electron chi connectivity index (χ3n) is 5.76. The number of carbonyl (C=O) groups excluding carboxylic acids is 2. The zero-order chi connectivity index (χ0) is 21.2. The average Bonchev–Trinajstić information content (AvgIpc) is 3.41. The molecule has 31 heavy (non-hydrogen) atoms. The quantitative estimate of drug-likeness (QED) is 0.812. The fourth-order valence-corrected chi connectivity index (χ4v) is 4.20. The smallest absolute Gasteiger partial charge is 0.251 e. The Morgan fingerprint density at radius 2 is 1.65 bits per heavy atom. The van der Waals surface area contributed by atoms with Crippen LogP contribution in [0.3, 0.4) is 0 Å². The lowest BCUT2D eigenvalue weighted by molar-refractivity contribution is -0.131. The zero-order valence-corrected chi connectivity index (χ0v) is 17.1. The van der Waals surface area contributed by atoms with Crippen LogP contribution in [0, 0.1) is 0 Å². The van der Waals surface area contributed by atoms with Crippen molar-refractivity contribution in [2.75, 3.05) is 33.1 Å². The Kier molecular flexibility index (Phi) is 5.28. The van der Waals surface area contributed by atoms with Gasteiger partial charge in [0.15, 0.2) is 23.0 Å². The van der Waals surface area contributed by atoms with Crippen LogP contribution in [0.25, 0.3) is 0 Å². The molecule has 0 spiro atoms. The summed E-state index contributed by atoms with van der Waals surface area (Å²) in [6.45, 7) is 2.01. The average molecular weight is 424 g/mol. The summed E-state index contributed by atoms with van der Waals surface area (Å²) in [6, 6.07) is 10.8. The molecule has 0 aliphatic carbocycles. The first-order chi connectivity index (χ1) is 15.2. The van der Waals surface area contributed by atoms with Crippen LogP contribution in [0.4, 0.5) is 0 Å². The Morgan fingerprint density at radius 1 is 0.903 bits per heavy atom. The predicted molar refractivity (Wildman–Crippen MR) is 111 cm³/mol. The number of nitrogens with one attached hydrogen (secondary N) is 1. The largest absolute Gasteiger partial charge is 0.490 e. The van der Waals surface area contributed by atoms with Crippen LogP contribution >= 0.6 is 0 Å². The van der Waals surface area contributed by atoms with E-state index < -0.39 is 0 Å². The van der Waals surface area contributed by atoms with Gasteiger partial charge in [0.2, 0.25) is 12.7 Å². The molecule has 5 rings (SSSR count). The third-order valence-corrected chi connectivity index (χ3v) is 5.76. The van der Waals surface area contributed by atoms with Crippen molar-refractivity contribution in [2.24, 2.45) is 0 Å². The maximum Gasteiger partial charge on any atom is 0.251 e. The summed E-state index contributed by atoms with van der Waals surface area (Å²) < 4.78 is 22.1. The van der Waals surface area contributed by atoms with E-state index >= 15 is 0 Å². The minimum absolute atomic E-state index is 0.0351. The molecular weight excluding hydrogens is 400 g/mol. The highest BCUT2D eigenvalue weighted by atomic mass is 16.7. The first-order valence-electron chi connectivity index (χ1n) is 10.6. The number of benzene rings is 2. The van der Waals surface area contributed by atoms with E-state index in [4.69, 9.17) is 18.9 Å². The number of likely N-dealkylation sites (tertiary alicyclic amines) is 1. The number of amides is 2. The predicted octanol–water partition coefficient (Wildman–Crippen LogP) is 2.67. The fourth-order valence-electron chi connectivity index (χ4n) is 4.20. The molecule has 2 aromatic rings. The molecule has 8 heteroatoms. The van der Waals surface area contributed by atoms with Crippen LogP contribution in [0.5, 0.6) is 23.0 Å². The van der Waals surface area contributed by atoms with E-state index in [9.17, 15) is 9.59 Å². The zero-order valence-electron chi connectivity index (χ0n) is 17.1. The second-order valence-electron chi connectivity index (χ2n) is 7.75. The van der Waals surface area contributed by atoms with E-state index in [2.05, 4.69) is 5.32 Å². The molecule has 1 fully saturated rings. The number of nitrogens with zero attached hydrogens (tertiary/aromatic N) is 1. The van der Waals surface area contributed by atoms with Crippen molar-refractivity contribution in [1.82, 2.24) is 10.2 Å². The fraction of sp³-hybridized carbons (Fsp3) is 0.391. The molecule has 3 heterocycles. The monoisotopic (exact) mass is 424 g/mol. The van der Waals surface area contributed by atoms with Crippen LogP contribution in [0.15, 0.2) is 36.4 Å². The molecule has 2 aromatic carbocycles.